The van der Waals surface area contributed by atoms with Crippen LogP contribution in [-0.4, -0.2) is 15.5 Å². The number of alkyl halides is 1. The van der Waals surface area contributed by atoms with Gasteiger partial charge in [0.15, 0.2) is 0 Å². The van der Waals surface area contributed by atoms with Crippen LogP contribution in [0.25, 0.3) is 0 Å². The fourth-order valence-electron chi connectivity index (χ4n) is 2.06. The predicted molar refractivity (Wildman–Crippen MR) is 93.1 cm³/mol. The van der Waals surface area contributed by atoms with Gasteiger partial charge in [-0.2, -0.15) is 0 Å². The minimum Gasteiger partial charge on any atom is -0.269 e. The van der Waals surface area contributed by atoms with Gasteiger partial charge in [-0.15, -0.1) is 22.9 Å². The van der Waals surface area contributed by atoms with Gasteiger partial charge in [0.05, 0.1) is 15.4 Å². The summed E-state index contributed by atoms with van der Waals surface area (Å²) in [5, 5.41) is 0. The van der Waals surface area contributed by atoms with Crippen molar-refractivity contribution in [3.8, 4) is 0 Å². The second kappa shape index (κ2) is 6.28. The SMILES string of the molecule is Cc1cc(C)cc(N(C)S(=O)(=O)c2cc(CCl)sc2Br)c1. The molecule has 1 aromatic heterocycles. The fraction of sp³-hybridized carbons (Fsp3) is 0.286. The first-order valence-electron chi connectivity index (χ1n) is 6.17. The first kappa shape index (κ1) is 16.8. The van der Waals surface area contributed by atoms with Crippen molar-refractivity contribution in [2.45, 2.75) is 24.6 Å². The zero-order valence-corrected chi connectivity index (χ0v) is 15.8. The average molecular weight is 409 g/mol. The molecule has 0 saturated carbocycles. The van der Waals surface area contributed by atoms with E-state index < -0.39 is 10.0 Å². The van der Waals surface area contributed by atoms with E-state index in [0.717, 1.165) is 16.0 Å². The minimum atomic E-state index is -3.61. The molecule has 3 nitrogen and oxygen atoms in total. The Morgan fingerprint density at radius 3 is 2.24 bits per heavy atom. The summed E-state index contributed by atoms with van der Waals surface area (Å²) in [7, 11) is -2.04. The van der Waals surface area contributed by atoms with Gasteiger partial charge in [0, 0.05) is 11.9 Å². The fourth-order valence-corrected chi connectivity index (χ4v) is 5.96. The summed E-state index contributed by atoms with van der Waals surface area (Å²) in [6, 6.07) is 7.34. The summed E-state index contributed by atoms with van der Waals surface area (Å²) < 4.78 is 27.4. The van der Waals surface area contributed by atoms with Crippen molar-refractivity contribution < 1.29 is 8.42 Å². The molecule has 7 heteroatoms. The maximum atomic E-state index is 12.8. The molecule has 0 aliphatic carbocycles. The maximum Gasteiger partial charge on any atom is 0.266 e. The Balaban J connectivity index is 2.49. The molecule has 0 radical (unpaired) electrons. The zero-order chi connectivity index (χ0) is 15.8. The molecule has 0 amide bonds. The molecular weight excluding hydrogens is 394 g/mol. The first-order valence-corrected chi connectivity index (χ1v) is 9.75. The Morgan fingerprint density at radius 2 is 1.76 bits per heavy atom. The summed E-state index contributed by atoms with van der Waals surface area (Å²) in [5.41, 5.74) is 2.70. The molecule has 21 heavy (non-hydrogen) atoms. The predicted octanol–water partition coefficient (Wildman–Crippen LogP) is 4.69. The molecular formula is C14H15BrClNO2S2. The van der Waals surface area contributed by atoms with Crippen molar-refractivity contribution in [1.29, 1.82) is 0 Å². The number of rotatable bonds is 4. The molecule has 1 heterocycles. The Hall–Kier alpha value is -0.560. The average Bonchev–Trinajstić information content (AvgIpc) is 2.78. The summed E-state index contributed by atoms with van der Waals surface area (Å²) in [6.07, 6.45) is 0. The number of sulfonamides is 1. The lowest BCUT2D eigenvalue weighted by Crippen LogP contribution is -2.26. The summed E-state index contributed by atoms with van der Waals surface area (Å²) in [5.74, 6) is 0.298. The van der Waals surface area contributed by atoms with E-state index in [-0.39, 0.29) is 4.90 Å². The summed E-state index contributed by atoms with van der Waals surface area (Å²) in [6.45, 7) is 3.89. The molecule has 0 saturated heterocycles. The lowest BCUT2D eigenvalue weighted by Gasteiger charge is -2.20. The number of hydrogen-bond donors (Lipinski definition) is 0. The van der Waals surface area contributed by atoms with Gasteiger partial charge in [-0.25, -0.2) is 8.42 Å². The molecule has 0 unspecified atom stereocenters. The van der Waals surface area contributed by atoms with Gasteiger partial charge in [0.25, 0.3) is 10.0 Å². The van der Waals surface area contributed by atoms with Gasteiger partial charge in [-0.05, 0) is 59.1 Å². The molecule has 1 aromatic carbocycles. The first-order chi connectivity index (χ1) is 9.75. The van der Waals surface area contributed by atoms with Gasteiger partial charge in [-0.3, -0.25) is 4.31 Å². The number of thiophene rings is 1. The van der Waals surface area contributed by atoms with Gasteiger partial charge < -0.3 is 0 Å². The summed E-state index contributed by atoms with van der Waals surface area (Å²) in [4.78, 5) is 1.07. The highest BCUT2D eigenvalue weighted by Gasteiger charge is 2.26. The van der Waals surface area contributed by atoms with Gasteiger partial charge in [0.2, 0.25) is 0 Å². The van der Waals surface area contributed by atoms with Crippen molar-refractivity contribution >= 4 is 54.6 Å². The highest BCUT2D eigenvalue weighted by molar-refractivity contribution is 9.11. The van der Waals surface area contributed by atoms with Gasteiger partial charge in [0.1, 0.15) is 4.90 Å². The van der Waals surface area contributed by atoms with Crippen LogP contribution < -0.4 is 4.31 Å². The van der Waals surface area contributed by atoms with Crippen LogP contribution in [0, 0.1) is 13.8 Å². The standard InChI is InChI=1S/C14H15BrClNO2S2/c1-9-4-10(2)6-11(5-9)17(3)21(18,19)13-7-12(8-16)20-14(13)15/h4-7H,8H2,1-3H3. The van der Waals surface area contributed by atoms with Crippen LogP contribution in [0.2, 0.25) is 0 Å². The third-order valence-corrected chi connectivity index (χ3v) is 7.53. The normalized spacial score (nSPS) is 11.7. The summed E-state index contributed by atoms with van der Waals surface area (Å²) >= 11 is 10.4. The van der Waals surface area contributed by atoms with Crippen LogP contribution in [0.3, 0.4) is 0 Å². The molecule has 0 spiro atoms. The molecule has 2 rings (SSSR count). The Bertz CT molecular complexity index is 751. The molecule has 0 N–H and O–H groups in total. The van der Waals surface area contributed by atoms with Gasteiger partial charge in [-0.1, -0.05) is 6.07 Å². The van der Waals surface area contributed by atoms with Crippen LogP contribution in [-0.2, 0) is 15.9 Å². The molecule has 0 fully saturated rings. The third-order valence-electron chi connectivity index (χ3n) is 3.05. The van der Waals surface area contributed by atoms with E-state index >= 15 is 0 Å². The number of aryl methyl sites for hydroxylation is 2. The number of halogens is 2. The van der Waals surface area contributed by atoms with Crippen molar-refractivity contribution in [2.24, 2.45) is 0 Å². The van der Waals surface area contributed by atoms with E-state index in [0.29, 0.717) is 15.4 Å². The Morgan fingerprint density at radius 1 is 1.19 bits per heavy atom. The molecule has 0 atom stereocenters. The monoisotopic (exact) mass is 407 g/mol. The number of benzene rings is 1. The topological polar surface area (TPSA) is 37.4 Å². The lowest BCUT2D eigenvalue weighted by molar-refractivity contribution is 0.594. The van der Waals surface area contributed by atoms with E-state index in [1.807, 2.05) is 32.0 Å². The maximum absolute atomic E-state index is 12.8. The number of hydrogen-bond acceptors (Lipinski definition) is 3. The van der Waals surface area contributed by atoms with Gasteiger partial charge >= 0.3 is 0 Å². The highest BCUT2D eigenvalue weighted by Crippen LogP contribution is 2.35. The van der Waals surface area contributed by atoms with E-state index in [9.17, 15) is 8.42 Å². The lowest BCUT2D eigenvalue weighted by atomic mass is 10.1. The van der Waals surface area contributed by atoms with Crippen molar-refractivity contribution in [3.63, 3.8) is 0 Å². The molecule has 114 valence electrons. The minimum absolute atomic E-state index is 0.254. The van der Waals surface area contributed by atoms with E-state index in [4.69, 9.17) is 11.6 Å². The Kier molecular flexibility index (Phi) is 5.03. The van der Waals surface area contributed by atoms with Crippen molar-refractivity contribution in [2.75, 3.05) is 11.4 Å². The van der Waals surface area contributed by atoms with Crippen LogP contribution in [0.5, 0.6) is 0 Å². The second-order valence-corrected chi connectivity index (χ2v) is 9.46. The molecule has 0 aliphatic rings. The number of anilines is 1. The number of nitrogens with zero attached hydrogens (tertiary/aromatic N) is 1. The molecule has 0 aliphatic heterocycles. The Labute approximate surface area is 142 Å². The van der Waals surface area contributed by atoms with Crippen LogP contribution >= 0.6 is 38.9 Å². The van der Waals surface area contributed by atoms with Crippen molar-refractivity contribution in [3.05, 3.63) is 44.1 Å². The van der Waals surface area contributed by atoms with E-state index in [1.165, 1.54) is 15.6 Å². The van der Waals surface area contributed by atoms with Crippen LogP contribution in [0.1, 0.15) is 16.0 Å². The molecule has 2 aromatic rings. The van der Waals surface area contributed by atoms with Crippen molar-refractivity contribution in [1.82, 2.24) is 0 Å². The zero-order valence-electron chi connectivity index (χ0n) is 11.9. The van der Waals surface area contributed by atoms with Crippen LogP contribution in [0.15, 0.2) is 32.9 Å². The quantitative estimate of drug-likeness (QED) is 0.688. The third kappa shape index (κ3) is 3.44. The molecule has 0 bridgehead atoms. The van der Waals surface area contributed by atoms with E-state index in [2.05, 4.69) is 15.9 Å². The van der Waals surface area contributed by atoms with E-state index in [1.54, 1.807) is 13.1 Å². The largest absolute Gasteiger partial charge is 0.269 e. The smallest absolute Gasteiger partial charge is 0.266 e. The highest BCUT2D eigenvalue weighted by atomic mass is 79.9. The van der Waals surface area contributed by atoms with Crippen LogP contribution in [0.4, 0.5) is 5.69 Å². The second-order valence-electron chi connectivity index (χ2n) is 4.80.